The molecule has 15 heavy (non-hydrogen) atoms. The van der Waals surface area contributed by atoms with Crippen LogP contribution in [0.15, 0.2) is 18.2 Å². The Morgan fingerprint density at radius 1 is 1.53 bits per heavy atom. The molecule has 0 saturated heterocycles. The minimum atomic E-state index is -0.322. The van der Waals surface area contributed by atoms with Crippen molar-refractivity contribution in [1.29, 1.82) is 0 Å². The van der Waals surface area contributed by atoms with Crippen LogP contribution < -0.4 is 9.64 Å². The van der Waals surface area contributed by atoms with Gasteiger partial charge in [-0.3, -0.25) is 0 Å². The summed E-state index contributed by atoms with van der Waals surface area (Å²) in [5.74, 6) is 0.494. The lowest BCUT2D eigenvalue weighted by molar-refractivity contribution is 0.0600. The highest BCUT2D eigenvalue weighted by Crippen LogP contribution is 2.31. The summed E-state index contributed by atoms with van der Waals surface area (Å²) in [7, 11) is 3.35. The Labute approximate surface area is 88.4 Å². The average Bonchev–Trinajstić information content (AvgIpc) is 2.28. The van der Waals surface area contributed by atoms with E-state index in [0.29, 0.717) is 12.2 Å². The largest absolute Gasteiger partial charge is 0.490 e. The summed E-state index contributed by atoms with van der Waals surface area (Å²) < 4.78 is 10.1. The lowest BCUT2D eigenvalue weighted by Gasteiger charge is -2.27. The summed E-state index contributed by atoms with van der Waals surface area (Å²) in [6, 6.07) is 5.31. The Morgan fingerprint density at radius 3 is 3.07 bits per heavy atom. The molecule has 0 saturated carbocycles. The molecule has 0 bridgehead atoms. The van der Waals surface area contributed by atoms with Crippen LogP contribution in [0.3, 0.4) is 0 Å². The van der Waals surface area contributed by atoms with Crippen molar-refractivity contribution in [2.45, 2.75) is 0 Å². The highest BCUT2D eigenvalue weighted by Gasteiger charge is 2.17. The summed E-state index contributed by atoms with van der Waals surface area (Å²) in [6.45, 7) is 1.51. The minimum Gasteiger partial charge on any atom is -0.490 e. The molecule has 0 radical (unpaired) electrons. The van der Waals surface area contributed by atoms with Gasteiger partial charge in [0.05, 0.1) is 24.9 Å². The second-order valence-electron chi connectivity index (χ2n) is 3.44. The molecule has 0 atom stereocenters. The fourth-order valence-corrected chi connectivity index (χ4v) is 1.60. The van der Waals surface area contributed by atoms with Crippen molar-refractivity contribution in [3.63, 3.8) is 0 Å². The Balaban J connectivity index is 2.39. The number of methoxy groups -OCH3 is 1. The predicted molar refractivity (Wildman–Crippen MR) is 56.5 cm³/mol. The van der Waals surface area contributed by atoms with Crippen LogP contribution in [0.1, 0.15) is 10.4 Å². The summed E-state index contributed by atoms with van der Waals surface area (Å²) in [5.41, 5.74) is 1.48. The van der Waals surface area contributed by atoms with Crippen molar-refractivity contribution in [2.24, 2.45) is 0 Å². The van der Waals surface area contributed by atoms with Crippen LogP contribution in [0.4, 0.5) is 5.69 Å². The number of fused-ring (bicyclic) bond motifs is 1. The maximum atomic E-state index is 11.3. The third-order valence-corrected chi connectivity index (χ3v) is 2.48. The highest BCUT2D eigenvalue weighted by atomic mass is 16.5. The molecule has 1 aromatic rings. The molecule has 0 amide bonds. The van der Waals surface area contributed by atoms with Gasteiger partial charge in [0.25, 0.3) is 0 Å². The fraction of sp³-hybridized carbons (Fsp3) is 0.364. The van der Waals surface area contributed by atoms with Crippen LogP contribution in [0.2, 0.25) is 0 Å². The van der Waals surface area contributed by atoms with Crippen LogP contribution in [0.5, 0.6) is 5.75 Å². The fourth-order valence-electron chi connectivity index (χ4n) is 1.60. The van der Waals surface area contributed by atoms with Crippen molar-refractivity contribution in [3.05, 3.63) is 23.8 Å². The van der Waals surface area contributed by atoms with E-state index in [1.807, 2.05) is 7.05 Å². The zero-order chi connectivity index (χ0) is 10.8. The molecule has 4 heteroatoms. The van der Waals surface area contributed by atoms with Gasteiger partial charge in [-0.2, -0.15) is 0 Å². The number of benzene rings is 1. The van der Waals surface area contributed by atoms with Gasteiger partial charge < -0.3 is 14.4 Å². The second-order valence-corrected chi connectivity index (χ2v) is 3.44. The molecule has 0 fully saturated rings. The second kappa shape index (κ2) is 3.81. The summed E-state index contributed by atoms with van der Waals surface area (Å²) in [5, 5.41) is 0. The summed E-state index contributed by atoms with van der Waals surface area (Å²) in [4.78, 5) is 13.4. The van der Waals surface area contributed by atoms with Gasteiger partial charge in [-0.05, 0) is 18.2 Å². The first-order valence-corrected chi connectivity index (χ1v) is 4.78. The monoisotopic (exact) mass is 207 g/mol. The van der Waals surface area contributed by atoms with E-state index in [1.54, 1.807) is 18.2 Å². The van der Waals surface area contributed by atoms with E-state index in [1.165, 1.54) is 7.11 Å². The molecular weight excluding hydrogens is 194 g/mol. The van der Waals surface area contributed by atoms with E-state index < -0.39 is 0 Å². The molecule has 0 N–H and O–H groups in total. The van der Waals surface area contributed by atoms with Gasteiger partial charge in [0, 0.05) is 7.05 Å². The Morgan fingerprint density at radius 2 is 2.33 bits per heavy atom. The molecule has 0 aromatic heterocycles. The molecular formula is C11H13NO3. The van der Waals surface area contributed by atoms with Gasteiger partial charge in [0.15, 0.2) is 0 Å². The highest BCUT2D eigenvalue weighted by molar-refractivity contribution is 5.91. The first-order chi connectivity index (χ1) is 7.22. The standard InChI is InChI=1S/C11H13NO3/c1-12-5-6-15-10-4-3-8(7-9(10)12)11(13)14-2/h3-4,7H,5-6H2,1-2H3. The topological polar surface area (TPSA) is 38.8 Å². The Bertz CT molecular complexity index is 389. The molecule has 1 heterocycles. The van der Waals surface area contributed by atoms with Crippen molar-refractivity contribution in [3.8, 4) is 5.75 Å². The first kappa shape index (κ1) is 9.83. The zero-order valence-corrected chi connectivity index (χ0v) is 8.82. The summed E-state index contributed by atoms with van der Waals surface area (Å²) >= 11 is 0. The molecule has 0 spiro atoms. The minimum absolute atomic E-state index is 0.322. The van der Waals surface area contributed by atoms with Crippen molar-refractivity contribution in [1.82, 2.24) is 0 Å². The lowest BCUT2D eigenvalue weighted by Crippen LogP contribution is -2.29. The predicted octanol–water partition coefficient (Wildman–Crippen LogP) is 1.30. The van der Waals surface area contributed by atoms with Crippen LogP contribution in [0, 0.1) is 0 Å². The van der Waals surface area contributed by atoms with Gasteiger partial charge in [0.2, 0.25) is 0 Å². The number of esters is 1. The maximum absolute atomic E-state index is 11.3. The number of carbonyl (C=O) groups is 1. The number of hydrogen-bond acceptors (Lipinski definition) is 4. The van der Waals surface area contributed by atoms with E-state index in [-0.39, 0.29) is 5.97 Å². The Hall–Kier alpha value is -1.71. The first-order valence-electron chi connectivity index (χ1n) is 4.78. The third kappa shape index (κ3) is 1.75. The normalized spacial score (nSPS) is 14.1. The van der Waals surface area contributed by atoms with Gasteiger partial charge >= 0.3 is 5.97 Å². The number of rotatable bonds is 1. The van der Waals surface area contributed by atoms with Crippen LogP contribution in [0.25, 0.3) is 0 Å². The molecule has 0 aliphatic carbocycles. The molecule has 0 unspecified atom stereocenters. The van der Waals surface area contributed by atoms with Gasteiger partial charge in [0.1, 0.15) is 12.4 Å². The number of ether oxygens (including phenoxy) is 2. The molecule has 4 nitrogen and oxygen atoms in total. The van der Waals surface area contributed by atoms with Crippen molar-refractivity contribution < 1.29 is 14.3 Å². The zero-order valence-electron chi connectivity index (χ0n) is 8.82. The van der Waals surface area contributed by atoms with E-state index in [4.69, 9.17) is 4.74 Å². The number of hydrogen-bond donors (Lipinski definition) is 0. The van der Waals surface area contributed by atoms with Crippen LogP contribution >= 0.6 is 0 Å². The molecule has 1 aliphatic heterocycles. The molecule has 1 aromatic carbocycles. The van der Waals surface area contributed by atoms with E-state index >= 15 is 0 Å². The van der Waals surface area contributed by atoms with E-state index in [9.17, 15) is 4.79 Å². The van der Waals surface area contributed by atoms with Gasteiger partial charge in [-0.1, -0.05) is 0 Å². The van der Waals surface area contributed by atoms with Gasteiger partial charge in [-0.25, -0.2) is 4.79 Å². The Kier molecular flexibility index (Phi) is 2.49. The number of carbonyl (C=O) groups excluding carboxylic acids is 1. The van der Waals surface area contributed by atoms with E-state index in [0.717, 1.165) is 18.0 Å². The molecule has 80 valence electrons. The number of nitrogens with zero attached hydrogens (tertiary/aromatic N) is 1. The summed E-state index contributed by atoms with van der Waals surface area (Å²) in [6.07, 6.45) is 0. The van der Waals surface area contributed by atoms with Crippen molar-refractivity contribution >= 4 is 11.7 Å². The van der Waals surface area contributed by atoms with E-state index in [2.05, 4.69) is 9.64 Å². The molecule has 1 aliphatic rings. The maximum Gasteiger partial charge on any atom is 0.337 e. The lowest BCUT2D eigenvalue weighted by atomic mass is 10.1. The van der Waals surface area contributed by atoms with Gasteiger partial charge in [-0.15, -0.1) is 0 Å². The smallest absolute Gasteiger partial charge is 0.337 e. The molecule has 2 rings (SSSR count). The van der Waals surface area contributed by atoms with Crippen LogP contribution in [-0.2, 0) is 4.74 Å². The van der Waals surface area contributed by atoms with Crippen molar-refractivity contribution in [2.75, 3.05) is 32.2 Å². The third-order valence-electron chi connectivity index (χ3n) is 2.48. The van der Waals surface area contributed by atoms with Crippen LogP contribution in [-0.4, -0.2) is 33.3 Å². The SMILES string of the molecule is COC(=O)c1ccc2c(c1)N(C)CCO2. The average molecular weight is 207 g/mol. The number of anilines is 1. The quantitative estimate of drug-likeness (QED) is 0.651. The number of likely N-dealkylation sites (N-methyl/N-ethyl adjacent to an activating group) is 1.